The third kappa shape index (κ3) is 6.55. The largest absolute Gasteiger partial charge is 0.481 e. The first-order valence-corrected chi connectivity index (χ1v) is 5.30. The molecule has 0 fully saturated rings. The van der Waals surface area contributed by atoms with Crippen molar-refractivity contribution in [1.29, 1.82) is 0 Å². The molecule has 1 amide bonds. The number of hydrogen-bond acceptors (Lipinski definition) is 4. The molecule has 0 radical (unpaired) electrons. The van der Waals surface area contributed by atoms with Crippen molar-refractivity contribution in [3.8, 4) is 0 Å². The SMILES string of the molecule is CN(C(=O)OC(C)(C)C)C(C=O)CCC(=O)O. The first-order chi connectivity index (χ1) is 7.67. The standard InChI is InChI=1S/C11H19NO5/c1-11(2,3)17-10(16)12(4)8(7-13)5-6-9(14)15/h7-8H,5-6H2,1-4H3,(H,14,15). The highest BCUT2D eigenvalue weighted by atomic mass is 16.6. The predicted octanol–water partition coefficient (Wildman–Crippen LogP) is 1.29. The first-order valence-electron chi connectivity index (χ1n) is 5.30. The summed E-state index contributed by atoms with van der Waals surface area (Å²) in [6, 6.07) is -0.777. The van der Waals surface area contributed by atoms with Gasteiger partial charge in [0, 0.05) is 13.5 Å². The number of carbonyl (C=O) groups is 3. The van der Waals surface area contributed by atoms with E-state index in [0.717, 1.165) is 4.90 Å². The number of carbonyl (C=O) groups excluding carboxylic acids is 2. The van der Waals surface area contributed by atoms with Crippen molar-refractivity contribution >= 4 is 18.3 Å². The van der Waals surface area contributed by atoms with Crippen molar-refractivity contribution in [3.05, 3.63) is 0 Å². The van der Waals surface area contributed by atoms with Crippen molar-refractivity contribution in [1.82, 2.24) is 4.90 Å². The molecular weight excluding hydrogens is 226 g/mol. The number of nitrogens with zero attached hydrogens (tertiary/aromatic N) is 1. The van der Waals surface area contributed by atoms with Gasteiger partial charge in [0.05, 0.1) is 6.04 Å². The van der Waals surface area contributed by atoms with Gasteiger partial charge in [-0.2, -0.15) is 0 Å². The lowest BCUT2D eigenvalue weighted by Crippen LogP contribution is -2.41. The van der Waals surface area contributed by atoms with Crippen LogP contribution in [0.1, 0.15) is 33.6 Å². The van der Waals surface area contributed by atoms with E-state index in [-0.39, 0.29) is 12.8 Å². The van der Waals surface area contributed by atoms with Crippen LogP contribution in [0.25, 0.3) is 0 Å². The third-order valence-corrected chi connectivity index (χ3v) is 1.99. The highest BCUT2D eigenvalue weighted by Gasteiger charge is 2.25. The number of aliphatic carboxylic acids is 1. The van der Waals surface area contributed by atoms with Gasteiger partial charge < -0.3 is 19.5 Å². The highest BCUT2D eigenvalue weighted by Crippen LogP contribution is 2.12. The molecule has 0 aliphatic rings. The second-order valence-electron chi connectivity index (χ2n) is 4.73. The van der Waals surface area contributed by atoms with Gasteiger partial charge in [0.1, 0.15) is 11.9 Å². The van der Waals surface area contributed by atoms with Crippen LogP contribution >= 0.6 is 0 Å². The van der Waals surface area contributed by atoms with E-state index in [2.05, 4.69) is 0 Å². The van der Waals surface area contributed by atoms with Gasteiger partial charge in [-0.3, -0.25) is 4.79 Å². The Labute approximate surface area is 101 Å². The Morgan fingerprint density at radius 1 is 1.41 bits per heavy atom. The fourth-order valence-electron chi connectivity index (χ4n) is 1.09. The second-order valence-corrected chi connectivity index (χ2v) is 4.73. The highest BCUT2D eigenvalue weighted by molar-refractivity contribution is 5.74. The molecular formula is C11H19NO5. The molecule has 0 bridgehead atoms. The lowest BCUT2D eigenvalue weighted by molar-refractivity contribution is -0.137. The molecule has 1 N–H and O–H groups in total. The smallest absolute Gasteiger partial charge is 0.410 e. The molecule has 0 saturated heterocycles. The first kappa shape index (κ1) is 15.4. The molecule has 1 unspecified atom stereocenters. The van der Waals surface area contributed by atoms with Gasteiger partial charge >= 0.3 is 12.1 Å². The zero-order chi connectivity index (χ0) is 13.6. The van der Waals surface area contributed by atoms with E-state index in [1.165, 1.54) is 7.05 Å². The topological polar surface area (TPSA) is 83.9 Å². The number of carboxylic acids is 1. The van der Waals surface area contributed by atoms with Crippen LogP contribution < -0.4 is 0 Å². The summed E-state index contributed by atoms with van der Waals surface area (Å²) in [4.78, 5) is 33.9. The van der Waals surface area contributed by atoms with Crippen molar-refractivity contribution in [2.45, 2.75) is 45.3 Å². The summed E-state index contributed by atoms with van der Waals surface area (Å²) in [6.45, 7) is 5.14. The Bertz CT molecular complexity index is 295. The van der Waals surface area contributed by atoms with E-state index >= 15 is 0 Å². The van der Waals surface area contributed by atoms with Crippen LogP contribution in [0.15, 0.2) is 0 Å². The zero-order valence-electron chi connectivity index (χ0n) is 10.6. The number of aldehydes is 1. The molecule has 0 aromatic carbocycles. The van der Waals surface area contributed by atoms with Gasteiger partial charge in [0.15, 0.2) is 0 Å². The molecule has 0 aliphatic heterocycles. The minimum absolute atomic E-state index is 0.0780. The van der Waals surface area contributed by atoms with Crippen LogP contribution in [0.5, 0.6) is 0 Å². The maximum atomic E-state index is 11.6. The van der Waals surface area contributed by atoms with E-state index in [1.807, 2.05) is 0 Å². The maximum absolute atomic E-state index is 11.6. The van der Waals surface area contributed by atoms with Crippen LogP contribution in [0, 0.1) is 0 Å². The van der Waals surface area contributed by atoms with Crippen LogP contribution in [0.4, 0.5) is 4.79 Å². The molecule has 0 rings (SSSR count). The molecule has 1 atom stereocenters. The molecule has 0 aromatic heterocycles. The van der Waals surface area contributed by atoms with Gasteiger partial charge in [0.2, 0.25) is 0 Å². The number of ether oxygens (including phenoxy) is 1. The number of rotatable bonds is 5. The molecule has 17 heavy (non-hydrogen) atoms. The zero-order valence-corrected chi connectivity index (χ0v) is 10.6. The summed E-state index contributed by atoms with van der Waals surface area (Å²) in [5, 5.41) is 8.51. The third-order valence-electron chi connectivity index (χ3n) is 1.99. The number of likely N-dealkylation sites (N-methyl/N-ethyl adjacent to an activating group) is 1. The van der Waals surface area contributed by atoms with Crippen LogP contribution in [0.2, 0.25) is 0 Å². The normalized spacial score (nSPS) is 12.7. The Morgan fingerprint density at radius 3 is 2.29 bits per heavy atom. The molecule has 0 heterocycles. The Balaban J connectivity index is 4.42. The number of hydrogen-bond donors (Lipinski definition) is 1. The molecule has 0 spiro atoms. The van der Waals surface area contributed by atoms with Crippen molar-refractivity contribution in [3.63, 3.8) is 0 Å². The van der Waals surface area contributed by atoms with Crippen molar-refractivity contribution in [2.75, 3.05) is 7.05 Å². The Hall–Kier alpha value is -1.59. The predicted molar refractivity (Wildman–Crippen MR) is 60.7 cm³/mol. The van der Waals surface area contributed by atoms with E-state index in [9.17, 15) is 14.4 Å². The molecule has 6 nitrogen and oxygen atoms in total. The summed E-state index contributed by atoms with van der Waals surface area (Å²) in [5.41, 5.74) is -0.647. The molecule has 0 aliphatic carbocycles. The molecule has 6 heteroatoms. The maximum Gasteiger partial charge on any atom is 0.410 e. The van der Waals surface area contributed by atoms with Gasteiger partial charge in [-0.15, -0.1) is 0 Å². The van der Waals surface area contributed by atoms with E-state index in [4.69, 9.17) is 9.84 Å². The minimum Gasteiger partial charge on any atom is -0.481 e. The lowest BCUT2D eigenvalue weighted by atomic mass is 10.1. The van der Waals surface area contributed by atoms with Gasteiger partial charge in [-0.05, 0) is 27.2 Å². The molecule has 0 aromatic rings. The lowest BCUT2D eigenvalue weighted by Gasteiger charge is -2.27. The molecule has 0 saturated carbocycles. The fourth-order valence-corrected chi connectivity index (χ4v) is 1.09. The number of amides is 1. The monoisotopic (exact) mass is 245 g/mol. The van der Waals surface area contributed by atoms with E-state index in [0.29, 0.717) is 6.29 Å². The van der Waals surface area contributed by atoms with Crippen LogP contribution in [-0.4, -0.2) is 47.0 Å². The summed E-state index contributed by atoms with van der Waals surface area (Å²) in [7, 11) is 1.41. The summed E-state index contributed by atoms with van der Waals surface area (Å²) >= 11 is 0. The molecule has 98 valence electrons. The summed E-state index contributed by atoms with van der Waals surface area (Å²) < 4.78 is 5.07. The van der Waals surface area contributed by atoms with Crippen LogP contribution in [0.3, 0.4) is 0 Å². The van der Waals surface area contributed by atoms with E-state index in [1.54, 1.807) is 20.8 Å². The Kier molecular flexibility index (Phi) is 5.64. The minimum atomic E-state index is -1.01. The van der Waals surface area contributed by atoms with Crippen molar-refractivity contribution in [2.24, 2.45) is 0 Å². The second kappa shape index (κ2) is 6.22. The number of carboxylic acid groups (broad SMARTS) is 1. The fraction of sp³-hybridized carbons (Fsp3) is 0.727. The van der Waals surface area contributed by atoms with Crippen LogP contribution in [-0.2, 0) is 14.3 Å². The van der Waals surface area contributed by atoms with Gasteiger partial charge in [-0.1, -0.05) is 0 Å². The Morgan fingerprint density at radius 2 is 1.94 bits per heavy atom. The summed E-state index contributed by atoms with van der Waals surface area (Å²) in [5.74, 6) is -1.01. The van der Waals surface area contributed by atoms with Gasteiger partial charge in [-0.25, -0.2) is 4.79 Å². The average Bonchev–Trinajstić information content (AvgIpc) is 2.15. The summed E-state index contributed by atoms with van der Waals surface area (Å²) in [6.07, 6.45) is -0.183. The van der Waals surface area contributed by atoms with Gasteiger partial charge in [0.25, 0.3) is 0 Å². The quantitative estimate of drug-likeness (QED) is 0.738. The van der Waals surface area contributed by atoms with E-state index < -0.39 is 23.7 Å². The van der Waals surface area contributed by atoms with Crippen molar-refractivity contribution < 1.29 is 24.2 Å². The average molecular weight is 245 g/mol.